The van der Waals surface area contributed by atoms with Gasteiger partial charge in [-0.1, -0.05) is 0 Å². The van der Waals surface area contributed by atoms with E-state index in [1.165, 1.54) is 12.8 Å². The van der Waals surface area contributed by atoms with E-state index in [4.69, 9.17) is 5.73 Å². The second-order valence-corrected chi connectivity index (χ2v) is 6.88. The van der Waals surface area contributed by atoms with Gasteiger partial charge in [0, 0.05) is 11.3 Å². The van der Waals surface area contributed by atoms with Crippen LogP contribution in [0.1, 0.15) is 45.4 Å². The largest absolute Gasteiger partial charge is 0.352 e. The quantitative estimate of drug-likeness (QED) is 0.808. The second kappa shape index (κ2) is 5.19. The summed E-state index contributed by atoms with van der Waals surface area (Å²) in [4.78, 5) is 12.1. The molecule has 2 saturated carbocycles. The minimum atomic E-state index is -0.643. The lowest BCUT2D eigenvalue weighted by Gasteiger charge is -2.31. The van der Waals surface area contributed by atoms with Crippen LogP contribution >= 0.6 is 11.8 Å². The highest BCUT2D eigenvalue weighted by Gasteiger charge is 2.44. The van der Waals surface area contributed by atoms with Crippen LogP contribution in [-0.4, -0.2) is 29.0 Å². The molecule has 0 aromatic carbocycles. The van der Waals surface area contributed by atoms with Gasteiger partial charge < -0.3 is 11.1 Å². The highest BCUT2D eigenvalue weighted by molar-refractivity contribution is 7.99. The van der Waals surface area contributed by atoms with E-state index in [9.17, 15) is 4.79 Å². The molecule has 1 atom stereocenters. The van der Waals surface area contributed by atoms with Gasteiger partial charge in [-0.15, -0.1) is 0 Å². The van der Waals surface area contributed by atoms with Gasteiger partial charge in [0.05, 0.1) is 5.54 Å². The number of amides is 1. The standard InChI is InChI=1S/C13H24N2OS/c1-13(14,9-3-4-9)12(16)15-10-5-7-11(17-2)8-6-10/h9-11H,3-8,14H2,1-2H3,(H,15,16). The number of hydrogen-bond donors (Lipinski definition) is 2. The summed E-state index contributed by atoms with van der Waals surface area (Å²) in [6.07, 6.45) is 9.05. The summed E-state index contributed by atoms with van der Waals surface area (Å²) in [6, 6.07) is 0.354. The van der Waals surface area contributed by atoms with Gasteiger partial charge in [0.1, 0.15) is 0 Å². The van der Waals surface area contributed by atoms with Crippen molar-refractivity contribution in [2.24, 2.45) is 11.7 Å². The molecule has 2 aliphatic carbocycles. The summed E-state index contributed by atoms with van der Waals surface area (Å²) in [5.41, 5.74) is 5.48. The fourth-order valence-corrected chi connectivity index (χ4v) is 3.40. The number of rotatable bonds is 4. The molecule has 98 valence electrons. The minimum absolute atomic E-state index is 0.0626. The predicted molar refractivity (Wildman–Crippen MR) is 73.0 cm³/mol. The fourth-order valence-electron chi connectivity index (χ4n) is 2.65. The minimum Gasteiger partial charge on any atom is -0.352 e. The van der Waals surface area contributed by atoms with E-state index in [0.29, 0.717) is 12.0 Å². The molecule has 0 radical (unpaired) electrons. The molecule has 3 N–H and O–H groups in total. The van der Waals surface area contributed by atoms with Gasteiger partial charge in [-0.2, -0.15) is 11.8 Å². The van der Waals surface area contributed by atoms with E-state index in [0.717, 1.165) is 30.9 Å². The van der Waals surface area contributed by atoms with Gasteiger partial charge in [0.25, 0.3) is 0 Å². The van der Waals surface area contributed by atoms with Crippen molar-refractivity contribution in [1.82, 2.24) is 5.32 Å². The SMILES string of the molecule is CSC1CCC(NC(=O)C(C)(N)C2CC2)CC1. The molecule has 2 aliphatic rings. The summed E-state index contributed by atoms with van der Waals surface area (Å²) in [5.74, 6) is 0.470. The Kier molecular flexibility index (Phi) is 4.03. The van der Waals surface area contributed by atoms with E-state index in [2.05, 4.69) is 11.6 Å². The van der Waals surface area contributed by atoms with Crippen LogP contribution in [0.2, 0.25) is 0 Å². The molecule has 0 heterocycles. The Hall–Kier alpha value is -0.220. The predicted octanol–water partition coefficient (Wildman–Crippen LogP) is 1.90. The first-order chi connectivity index (χ1) is 8.04. The molecule has 0 saturated heterocycles. The Morgan fingerprint density at radius 1 is 1.24 bits per heavy atom. The van der Waals surface area contributed by atoms with Gasteiger partial charge in [-0.3, -0.25) is 4.79 Å². The zero-order valence-electron chi connectivity index (χ0n) is 10.9. The number of thioether (sulfide) groups is 1. The summed E-state index contributed by atoms with van der Waals surface area (Å²) < 4.78 is 0. The van der Waals surface area contributed by atoms with Crippen LogP contribution in [0.5, 0.6) is 0 Å². The summed E-state index contributed by atoms with van der Waals surface area (Å²) >= 11 is 1.95. The Morgan fingerprint density at radius 3 is 2.29 bits per heavy atom. The Labute approximate surface area is 108 Å². The monoisotopic (exact) mass is 256 g/mol. The smallest absolute Gasteiger partial charge is 0.240 e. The summed E-state index contributed by atoms with van der Waals surface area (Å²) in [6.45, 7) is 1.88. The normalized spacial score (nSPS) is 32.9. The first kappa shape index (κ1) is 13.2. The van der Waals surface area contributed by atoms with Gasteiger partial charge in [0.2, 0.25) is 5.91 Å². The van der Waals surface area contributed by atoms with Crippen LogP contribution < -0.4 is 11.1 Å². The lowest BCUT2D eigenvalue weighted by Crippen LogP contribution is -2.56. The van der Waals surface area contributed by atoms with E-state index in [1.807, 2.05) is 18.7 Å². The van der Waals surface area contributed by atoms with Crippen LogP contribution in [-0.2, 0) is 4.79 Å². The molecular weight excluding hydrogens is 232 g/mol. The van der Waals surface area contributed by atoms with Crippen molar-refractivity contribution >= 4 is 17.7 Å². The number of nitrogens with one attached hydrogen (secondary N) is 1. The topological polar surface area (TPSA) is 55.1 Å². The van der Waals surface area contributed by atoms with E-state index in [-0.39, 0.29) is 5.91 Å². The van der Waals surface area contributed by atoms with E-state index < -0.39 is 5.54 Å². The average molecular weight is 256 g/mol. The van der Waals surface area contributed by atoms with Crippen molar-refractivity contribution in [1.29, 1.82) is 0 Å². The van der Waals surface area contributed by atoms with Crippen LogP contribution in [0.3, 0.4) is 0 Å². The van der Waals surface area contributed by atoms with Gasteiger partial charge in [0.15, 0.2) is 0 Å². The molecule has 17 heavy (non-hydrogen) atoms. The zero-order chi connectivity index (χ0) is 12.5. The zero-order valence-corrected chi connectivity index (χ0v) is 11.7. The molecule has 0 bridgehead atoms. The maximum Gasteiger partial charge on any atom is 0.240 e. The molecular formula is C13H24N2OS. The van der Waals surface area contributed by atoms with Crippen molar-refractivity contribution in [3.63, 3.8) is 0 Å². The van der Waals surface area contributed by atoms with Crippen molar-refractivity contribution in [2.75, 3.05) is 6.26 Å². The van der Waals surface area contributed by atoms with Gasteiger partial charge in [-0.05, 0) is 57.6 Å². The third-order valence-corrected chi connectivity index (χ3v) is 5.40. The third-order valence-electron chi connectivity index (χ3n) is 4.26. The third kappa shape index (κ3) is 3.16. The lowest BCUT2D eigenvalue weighted by atomic mass is 9.92. The molecule has 0 aromatic heterocycles. The molecule has 2 rings (SSSR count). The molecule has 1 unspecified atom stereocenters. The van der Waals surface area contributed by atoms with Crippen molar-refractivity contribution < 1.29 is 4.79 Å². The molecule has 0 spiro atoms. The van der Waals surface area contributed by atoms with E-state index >= 15 is 0 Å². The molecule has 2 fully saturated rings. The Balaban J connectivity index is 1.79. The van der Waals surface area contributed by atoms with Crippen LogP contribution in [0.15, 0.2) is 0 Å². The first-order valence-corrected chi connectivity index (χ1v) is 7.95. The molecule has 0 aliphatic heterocycles. The van der Waals surface area contributed by atoms with Gasteiger partial charge >= 0.3 is 0 Å². The van der Waals surface area contributed by atoms with Crippen LogP contribution in [0, 0.1) is 5.92 Å². The van der Waals surface area contributed by atoms with Gasteiger partial charge in [-0.25, -0.2) is 0 Å². The van der Waals surface area contributed by atoms with Crippen molar-refractivity contribution in [3.05, 3.63) is 0 Å². The highest BCUT2D eigenvalue weighted by atomic mass is 32.2. The summed E-state index contributed by atoms with van der Waals surface area (Å²) in [7, 11) is 0. The lowest BCUT2D eigenvalue weighted by molar-refractivity contribution is -0.127. The second-order valence-electron chi connectivity index (χ2n) is 5.74. The molecule has 0 aromatic rings. The fraction of sp³-hybridized carbons (Fsp3) is 0.923. The van der Waals surface area contributed by atoms with E-state index in [1.54, 1.807) is 0 Å². The number of nitrogens with two attached hydrogens (primary N) is 1. The Bertz CT molecular complexity index is 281. The Morgan fingerprint density at radius 2 is 1.82 bits per heavy atom. The molecule has 1 amide bonds. The first-order valence-electron chi connectivity index (χ1n) is 6.66. The highest BCUT2D eigenvalue weighted by Crippen LogP contribution is 2.38. The van der Waals surface area contributed by atoms with Crippen molar-refractivity contribution in [3.8, 4) is 0 Å². The number of carbonyl (C=O) groups excluding carboxylic acids is 1. The maximum absolute atomic E-state index is 12.1. The van der Waals surface area contributed by atoms with Crippen molar-refractivity contribution in [2.45, 2.75) is 62.3 Å². The number of hydrogen-bond acceptors (Lipinski definition) is 3. The number of carbonyl (C=O) groups is 1. The average Bonchev–Trinajstić information content (AvgIpc) is 3.14. The van der Waals surface area contributed by atoms with Crippen LogP contribution in [0.25, 0.3) is 0 Å². The maximum atomic E-state index is 12.1. The molecule has 4 heteroatoms. The molecule has 3 nitrogen and oxygen atoms in total. The van der Waals surface area contributed by atoms with Crippen LogP contribution in [0.4, 0.5) is 0 Å². The summed E-state index contributed by atoms with van der Waals surface area (Å²) in [5, 5.41) is 3.94.